The van der Waals surface area contributed by atoms with E-state index in [9.17, 15) is 22.8 Å². The maximum absolute atomic E-state index is 12.8. The summed E-state index contributed by atoms with van der Waals surface area (Å²) in [4.78, 5) is 40.2. The van der Waals surface area contributed by atoms with Crippen molar-refractivity contribution in [1.29, 1.82) is 0 Å². The van der Waals surface area contributed by atoms with E-state index >= 15 is 0 Å². The van der Waals surface area contributed by atoms with Gasteiger partial charge in [0.25, 0.3) is 11.8 Å². The van der Waals surface area contributed by atoms with Crippen LogP contribution in [0, 0.1) is 0 Å². The number of nitrogens with one attached hydrogen (secondary N) is 2. The molecule has 3 amide bonds. The number of likely N-dealkylation sites (N-methyl/N-ethyl adjacent to an activating group) is 1. The highest BCUT2D eigenvalue weighted by Crippen LogP contribution is 2.37. The van der Waals surface area contributed by atoms with Gasteiger partial charge >= 0.3 is 6.09 Å². The number of hydrogen-bond acceptors (Lipinski definition) is 8. The second-order valence-corrected chi connectivity index (χ2v) is 10.7. The molecule has 1 aromatic carbocycles. The van der Waals surface area contributed by atoms with E-state index in [0.29, 0.717) is 18.0 Å². The third kappa shape index (κ3) is 4.83. The third-order valence-electron chi connectivity index (χ3n) is 5.00. The Hall–Kier alpha value is -2.80. The molecule has 0 saturated heterocycles. The second-order valence-electron chi connectivity index (χ2n) is 7.41. The van der Waals surface area contributed by atoms with Gasteiger partial charge in [-0.1, -0.05) is 0 Å². The van der Waals surface area contributed by atoms with Crippen LogP contribution >= 0.6 is 11.3 Å². The molecule has 1 aromatic heterocycles. The van der Waals surface area contributed by atoms with Crippen LogP contribution in [-0.2, 0) is 27.7 Å². The van der Waals surface area contributed by atoms with Crippen LogP contribution in [0.2, 0.25) is 0 Å². The molecule has 3 rings (SSSR count). The van der Waals surface area contributed by atoms with Gasteiger partial charge in [-0.3, -0.25) is 14.9 Å². The SMILES string of the molecule is COC(=O)NC(=O)c1c(NC(=O)c2ccc(S(=O)(=O)N(C)C)cc2)sc2c1CCN(C)C2. The van der Waals surface area contributed by atoms with Gasteiger partial charge in [0.1, 0.15) is 5.00 Å². The summed E-state index contributed by atoms with van der Waals surface area (Å²) < 4.78 is 30.0. The van der Waals surface area contributed by atoms with Crippen LogP contribution < -0.4 is 10.6 Å². The highest BCUT2D eigenvalue weighted by Gasteiger charge is 2.29. The first-order valence-corrected chi connectivity index (χ1v) is 11.9. The zero-order valence-electron chi connectivity index (χ0n) is 18.1. The number of ether oxygens (including phenoxy) is 1. The maximum atomic E-state index is 12.8. The topological polar surface area (TPSA) is 125 Å². The predicted octanol–water partition coefficient (Wildman–Crippen LogP) is 1.73. The van der Waals surface area contributed by atoms with E-state index in [1.807, 2.05) is 7.05 Å². The normalized spacial score (nSPS) is 14.0. The standard InChI is InChI=1S/C20H24N4O6S2/c1-23(2)32(28,29)13-7-5-12(6-8-13)17(25)21-19-16(18(26)22-20(27)30-4)14-9-10-24(3)11-15(14)31-19/h5-8H,9-11H2,1-4H3,(H,21,25)(H,22,26,27). The molecule has 2 heterocycles. The van der Waals surface area contributed by atoms with Crippen LogP contribution in [0.25, 0.3) is 0 Å². The van der Waals surface area contributed by atoms with Gasteiger partial charge in [-0.25, -0.2) is 17.5 Å². The number of benzene rings is 1. The second kappa shape index (κ2) is 9.36. The third-order valence-corrected chi connectivity index (χ3v) is 7.96. The molecule has 0 aliphatic carbocycles. The minimum Gasteiger partial charge on any atom is -0.453 e. The highest BCUT2D eigenvalue weighted by atomic mass is 32.2. The van der Waals surface area contributed by atoms with E-state index in [0.717, 1.165) is 28.4 Å². The number of rotatable bonds is 5. The van der Waals surface area contributed by atoms with Crippen molar-refractivity contribution in [3.8, 4) is 0 Å². The summed E-state index contributed by atoms with van der Waals surface area (Å²) in [6.45, 7) is 1.35. The van der Waals surface area contributed by atoms with E-state index in [1.165, 1.54) is 49.7 Å². The average molecular weight is 481 g/mol. The zero-order valence-corrected chi connectivity index (χ0v) is 19.7. The maximum Gasteiger partial charge on any atom is 0.413 e. The first kappa shape index (κ1) is 23.9. The van der Waals surface area contributed by atoms with Gasteiger partial charge in [0.15, 0.2) is 0 Å². The van der Waals surface area contributed by atoms with Crippen molar-refractivity contribution in [3.05, 3.63) is 45.8 Å². The van der Waals surface area contributed by atoms with E-state index in [4.69, 9.17) is 0 Å². The number of imide groups is 1. The molecule has 172 valence electrons. The number of alkyl carbamates (subject to hydrolysis) is 1. The fourth-order valence-corrected chi connectivity index (χ4v) is 5.45. The minimum absolute atomic E-state index is 0.0619. The fraction of sp³-hybridized carbons (Fsp3) is 0.350. The van der Waals surface area contributed by atoms with E-state index in [1.54, 1.807) is 0 Å². The highest BCUT2D eigenvalue weighted by molar-refractivity contribution is 7.89. The number of anilines is 1. The Morgan fingerprint density at radius 1 is 1.12 bits per heavy atom. The Morgan fingerprint density at radius 2 is 1.78 bits per heavy atom. The number of thiophene rings is 1. The van der Waals surface area contributed by atoms with Crippen molar-refractivity contribution < 1.29 is 27.5 Å². The van der Waals surface area contributed by atoms with Crippen molar-refractivity contribution in [3.63, 3.8) is 0 Å². The quantitative estimate of drug-likeness (QED) is 0.668. The zero-order chi connectivity index (χ0) is 23.6. The molecule has 0 spiro atoms. The molecule has 0 saturated carbocycles. The molecule has 1 aliphatic rings. The molecule has 32 heavy (non-hydrogen) atoms. The number of sulfonamides is 1. The van der Waals surface area contributed by atoms with E-state index in [-0.39, 0.29) is 16.0 Å². The summed E-state index contributed by atoms with van der Waals surface area (Å²) in [5, 5.41) is 5.21. The molecule has 0 fully saturated rings. The van der Waals surface area contributed by atoms with Crippen LogP contribution in [0.15, 0.2) is 29.2 Å². The van der Waals surface area contributed by atoms with Gasteiger partial charge in [-0.05, 0) is 43.3 Å². The lowest BCUT2D eigenvalue weighted by Crippen LogP contribution is -2.32. The predicted molar refractivity (Wildman–Crippen MR) is 119 cm³/mol. The van der Waals surface area contributed by atoms with Crippen LogP contribution in [0.5, 0.6) is 0 Å². The number of hydrogen-bond donors (Lipinski definition) is 2. The number of carbonyl (C=O) groups excluding carboxylic acids is 3. The number of fused-ring (bicyclic) bond motifs is 1. The number of carbonyl (C=O) groups is 3. The Labute approximate surface area is 190 Å². The smallest absolute Gasteiger partial charge is 0.413 e. The molecule has 12 heteroatoms. The van der Waals surface area contributed by atoms with Crippen LogP contribution in [-0.4, -0.2) is 70.3 Å². The molecule has 1 aliphatic heterocycles. The van der Waals surface area contributed by atoms with Gasteiger partial charge in [0.2, 0.25) is 10.0 Å². The molecule has 0 bridgehead atoms. The molecule has 2 N–H and O–H groups in total. The van der Waals surface area contributed by atoms with Crippen molar-refractivity contribution in [1.82, 2.24) is 14.5 Å². The lowest BCUT2D eigenvalue weighted by atomic mass is 10.0. The average Bonchev–Trinajstić information content (AvgIpc) is 3.10. The Kier molecular flexibility index (Phi) is 6.98. The molecular formula is C20H24N4O6S2. The van der Waals surface area contributed by atoms with Crippen molar-refractivity contribution in [2.24, 2.45) is 0 Å². The first-order valence-electron chi connectivity index (χ1n) is 9.61. The number of methoxy groups -OCH3 is 1. The lowest BCUT2D eigenvalue weighted by Gasteiger charge is -2.22. The van der Waals surface area contributed by atoms with Gasteiger partial charge < -0.3 is 15.0 Å². The summed E-state index contributed by atoms with van der Waals surface area (Å²) in [6.07, 6.45) is -0.294. The van der Waals surface area contributed by atoms with Crippen molar-refractivity contribution in [2.45, 2.75) is 17.9 Å². The molecule has 10 nitrogen and oxygen atoms in total. The van der Waals surface area contributed by atoms with E-state index < -0.39 is 27.9 Å². The van der Waals surface area contributed by atoms with Crippen LogP contribution in [0.4, 0.5) is 9.80 Å². The summed E-state index contributed by atoms with van der Waals surface area (Å²) in [7, 11) is 2.34. The minimum atomic E-state index is -3.62. The lowest BCUT2D eigenvalue weighted by molar-refractivity contribution is 0.0936. The Bertz CT molecular complexity index is 1160. The molecule has 0 unspecified atom stereocenters. The van der Waals surface area contributed by atoms with Crippen LogP contribution in [0.3, 0.4) is 0 Å². The van der Waals surface area contributed by atoms with E-state index in [2.05, 4.69) is 20.3 Å². The molecule has 2 aromatic rings. The van der Waals surface area contributed by atoms with Gasteiger partial charge in [-0.2, -0.15) is 0 Å². The summed E-state index contributed by atoms with van der Waals surface area (Å²) in [5.41, 5.74) is 1.26. The van der Waals surface area contributed by atoms with Gasteiger partial charge in [0.05, 0.1) is 17.6 Å². The monoisotopic (exact) mass is 480 g/mol. The number of nitrogens with zero attached hydrogens (tertiary/aromatic N) is 2. The fourth-order valence-electron chi connectivity index (χ4n) is 3.23. The van der Waals surface area contributed by atoms with Gasteiger partial charge in [0, 0.05) is 37.6 Å². The molecule has 0 radical (unpaired) electrons. The summed E-state index contributed by atoms with van der Waals surface area (Å²) in [6, 6.07) is 5.51. The molecule has 0 atom stereocenters. The van der Waals surface area contributed by atoms with Gasteiger partial charge in [-0.15, -0.1) is 11.3 Å². The molecular weight excluding hydrogens is 456 g/mol. The Balaban J connectivity index is 1.90. The van der Waals surface area contributed by atoms with Crippen molar-refractivity contribution in [2.75, 3.05) is 40.1 Å². The summed E-state index contributed by atoms with van der Waals surface area (Å²) in [5.74, 6) is -1.15. The van der Waals surface area contributed by atoms with Crippen molar-refractivity contribution >= 4 is 44.3 Å². The van der Waals surface area contributed by atoms with Crippen LogP contribution in [0.1, 0.15) is 31.2 Å². The first-order chi connectivity index (χ1) is 15.0. The Morgan fingerprint density at radius 3 is 2.38 bits per heavy atom. The largest absolute Gasteiger partial charge is 0.453 e. The summed E-state index contributed by atoms with van der Waals surface area (Å²) >= 11 is 1.27. The number of amides is 3.